The lowest BCUT2D eigenvalue weighted by Gasteiger charge is -2.27. The van der Waals surface area contributed by atoms with E-state index in [0.29, 0.717) is 24.6 Å². The van der Waals surface area contributed by atoms with Crippen LogP contribution in [0.25, 0.3) is 0 Å². The molecule has 0 aliphatic carbocycles. The van der Waals surface area contributed by atoms with Gasteiger partial charge >= 0.3 is 7.12 Å². The molecule has 0 bridgehead atoms. The van der Waals surface area contributed by atoms with Crippen molar-refractivity contribution in [1.29, 1.82) is 0 Å². The van der Waals surface area contributed by atoms with E-state index >= 15 is 0 Å². The van der Waals surface area contributed by atoms with E-state index < -0.39 is 18.8 Å². The second-order valence-electron chi connectivity index (χ2n) is 4.68. The van der Waals surface area contributed by atoms with Gasteiger partial charge in [-0.25, -0.2) is 8.78 Å². The third-order valence-corrected chi connectivity index (χ3v) is 3.15. The zero-order chi connectivity index (χ0) is 13.0. The van der Waals surface area contributed by atoms with Crippen LogP contribution in [0.3, 0.4) is 0 Å². The van der Waals surface area contributed by atoms with Crippen LogP contribution in [0.2, 0.25) is 0 Å². The molecule has 98 valence electrons. The lowest BCUT2D eigenvalue weighted by atomic mass is 9.77. The van der Waals surface area contributed by atoms with E-state index in [1.54, 1.807) is 0 Å². The van der Waals surface area contributed by atoms with Crippen molar-refractivity contribution in [1.82, 2.24) is 0 Å². The van der Waals surface area contributed by atoms with Crippen molar-refractivity contribution in [3.8, 4) is 0 Å². The van der Waals surface area contributed by atoms with E-state index in [9.17, 15) is 8.78 Å². The standard InChI is InChI=1S/C13H17BF2O2/c1-2-3-4-10-8-17-14(18-9-10)11-5-6-12(15)13(16)7-11/h5-7,10H,2-4,8-9H2,1H3. The van der Waals surface area contributed by atoms with Crippen LogP contribution in [0, 0.1) is 17.6 Å². The van der Waals surface area contributed by atoms with Crippen molar-refractivity contribution in [2.24, 2.45) is 5.92 Å². The van der Waals surface area contributed by atoms with Crippen molar-refractivity contribution in [3.05, 3.63) is 29.8 Å². The third kappa shape index (κ3) is 3.30. The van der Waals surface area contributed by atoms with E-state index in [4.69, 9.17) is 9.31 Å². The van der Waals surface area contributed by atoms with Gasteiger partial charge in [0, 0.05) is 19.1 Å². The molecule has 1 fully saturated rings. The molecule has 2 rings (SSSR count). The predicted octanol–water partition coefficient (Wildman–Crippen LogP) is 2.51. The Morgan fingerprint density at radius 3 is 2.56 bits per heavy atom. The van der Waals surface area contributed by atoms with Gasteiger partial charge in [0.1, 0.15) is 0 Å². The van der Waals surface area contributed by atoms with Crippen LogP contribution >= 0.6 is 0 Å². The largest absolute Gasteiger partial charge is 0.493 e. The van der Waals surface area contributed by atoms with Crippen LogP contribution in [-0.2, 0) is 9.31 Å². The Labute approximate surface area is 106 Å². The number of unbranched alkanes of at least 4 members (excludes halogenated alkanes) is 1. The summed E-state index contributed by atoms with van der Waals surface area (Å²) in [6.45, 7) is 3.38. The van der Waals surface area contributed by atoms with E-state index in [-0.39, 0.29) is 0 Å². The topological polar surface area (TPSA) is 18.5 Å². The Kier molecular flexibility index (Phi) is 4.72. The van der Waals surface area contributed by atoms with Gasteiger partial charge in [-0.3, -0.25) is 0 Å². The lowest BCUT2D eigenvalue weighted by Crippen LogP contribution is -2.44. The fraction of sp³-hybridized carbons (Fsp3) is 0.538. The van der Waals surface area contributed by atoms with Gasteiger partial charge in [0.15, 0.2) is 11.6 Å². The fourth-order valence-electron chi connectivity index (χ4n) is 2.05. The molecule has 1 heterocycles. The minimum Gasteiger partial charge on any atom is -0.407 e. The SMILES string of the molecule is CCCCC1COB(c2ccc(F)c(F)c2)OC1. The highest BCUT2D eigenvalue weighted by atomic mass is 19.2. The zero-order valence-corrected chi connectivity index (χ0v) is 10.5. The lowest BCUT2D eigenvalue weighted by molar-refractivity contribution is 0.0813. The summed E-state index contributed by atoms with van der Waals surface area (Å²) in [5.74, 6) is -1.31. The first-order valence-corrected chi connectivity index (χ1v) is 6.39. The van der Waals surface area contributed by atoms with Gasteiger partial charge in [-0.15, -0.1) is 0 Å². The molecule has 0 N–H and O–H groups in total. The Morgan fingerprint density at radius 1 is 1.22 bits per heavy atom. The molecule has 0 spiro atoms. The van der Waals surface area contributed by atoms with Crippen molar-refractivity contribution in [2.75, 3.05) is 13.2 Å². The average Bonchev–Trinajstić information content (AvgIpc) is 2.40. The summed E-state index contributed by atoms with van der Waals surface area (Å²) in [7, 11) is -0.571. The average molecular weight is 254 g/mol. The highest BCUT2D eigenvalue weighted by Crippen LogP contribution is 2.16. The maximum Gasteiger partial charge on any atom is 0.493 e. The second kappa shape index (κ2) is 6.30. The van der Waals surface area contributed by atoms with Gasteiger partial charge in [0.05, 0.1) is 0 Å². The molecule has 0 amide bonds. The molecule has 0 aromatic heterocycles. The quantitative estimate of drug-likeness (QED) is 0.768. The van der Waals surface area contributed by atoms with Gasteiger partial charge in [-0.2, -0.15) is 0 Å². The zero-order valence-electron chi connectivity index (χ0n) is 10.5. The highest BCUT2D eigenvalue weighted by Gasteiger charge is 2.29. The minimum atomic E-state index is -0.868. The van der Waals surface area contributed by atoms with Crippen molar-refractivity contribution in [3.63, 3.8) is 0 Å². The molecule has 2 nitrogen and oxygen atoms in total. The highest BCUT2D eigenvalue weighted by molar-refractivity contribution is 6.61. The van der Waals surface area contributed by atoms with Crippen molar-refractivity contribution < 1.29 is 18.1 Å². The van der Waals surface area contributed by atoms with Crippen molar-refractivity contribution >= 4 is 12.6 Å². The molecular weight excluding hydrogens is 237 g/mol. The molecule has 1 aromatic rings. The van der Waals surface area contributed by atoms with Gasteiger partial charge in [0.25, 0.3) is 0 Å². The second-order valence-corrected chi connectivity index (χ2v) is 4.68. The maximum atomic E-state index is 13.1. The van der Waals surface area contributed by atoms with E-state index in [1.807, 2.05) is 0 Å². The molecule has 1 aliphatic heterocycles. The van der Waals surface area contributed by atoms with Crippen LogP contribution in [0.1, 0.15) is 26.2 Å². The summed E-state index contributed by atoms with van der Waals surface area (Å²) in [4.78, 5) is 0. The number of hydrogen-bond acceptors (Lipinski definition) is 2. The summed E-state index contributed by atoms with van der Waals surface area (Å²) >= 11 is 0. The Hall–Kier alpha value is -0.935. The normalized spacial score (nSPS) is 17.2. The third-order valence-electron chi connectivity index (χ3n) is 3.15. The molecule has 0 radical (unpaired) electrons. The smallest absolute Gasteiger partial charge is 0.407 e. The van der Waals surface area contributed by atoms with Crippen molar-refractivity contribution in [2.45, 2.75) is 26.2 Å². The minimum absolute atomic E-state index is 0.409. The number of benzene rings is 1. The maximum absolute atomic E-state index is 13.1. The van der Waals surface area contributed by atoms with Crippen LogP contribution in [0.5, 0.6) is 0 Å². The van der Waals surface area contributed by atoms with E-state index in [0.717, 1.165) is 31.4 Å². The summed E-state index contributed by atoms with van der Waals surface area (Å²) < 4.78 is 37.0. The molecule has 0 saturated carbocycles. The first-order valence-electron chi connectivity index (χ1n) is 6.39. The Balaban J connectivity index is 1.90. The fourth-order valence-corrected chi connectivity index (χ4v) is 2.05. The molecule has 0 atom stereocenters. The first kappa shape index (κ1) is 13.5. The molecule has 1 aromatic carbocycles. The monoisotopic (exact) mass is 254 g/mol. The van der Waals surface area contributed by atoms with Crippen LogP contribution in [0.4, 0.5) is 8.78 Å². The van der Waals surface area contributed by atoms with Gasteiger partial charge in [-0.1, -0.05) is 25.8 Å². The number of halogens is 2. The number of rotatable bonds is 4. The van der Waals surface area contributed by atoms with E-state index in [2.05, 4.69) is 6.92 Å². The Bertz CT molecular complexity index is 393. The molecule has 1 aliphatic rings. The molecular formula is C13H17BF2O2. The van der Waals surface area contributed by atoms with Crippen LogP contribution < -0.4 is 5.46 Å². The molecule has 1 saturated heterocycles. The molecule has 5 heteroatoms. The first-order chi connectivity index (χ1) is 8.70. The van der Waals surface area contributed by atoms with Gasteiger partial charge < -0.3 is 9.31 Å². The van der Waals surface area contributed by atoms with Gasteiger partial charge in [0.2, 0.25) is 0 Å². The summed E-state index contributed by atoms with van der Waals surface area (Å²) in [6, 6.07) is 3.72. The van der Waals surface area contributed by atoms with E-state index in [1.165, 1.54) is 6.07 Å². The predicted molar refractivity (Wildman–Crippen MR) is 66.7 cm³/mol. The Morgan fingerprint density at radius 2 is 1.94 bits per heavy atom. The summed E-state index contributed by atoms with van der Waals surface area (Å²) in [6.07, 6.45) is 3.40. The summed E-state index contributed by atoms with van der Waals surface area (Å²) in [5, 5.41) is 0. The number of hydrogen-bond donors (Lipinski definition) is 0. The van der Waals surface area contributed by atoms with Gasteiger partial charge in [-0.05, 0) is 24.0 Å². The van der Waals surface area contributed by atoms with Crippen LogP contribution in [0.15, 0.2) is 18.2 Å². The molecule has 0 unspecified atom stereocenters. The van der Waals surface area contributed by atoms with Crippen LogP contribution in [-0.4, -0.2) is 20.3 Å². The summed E-state index contributed by atoms with van der Waals surface area (Å²) in [5.41, 5.74) is 0.530. The molecule has 18 heavy (non-hydrogen) atoms.